The van der Waals surface area contributed by atoms with Crippen molar-refractivity contribution in [3.05, 3.63) is 51.6 Å². The monoisotopic (exact) mass is 355 g/mol. The van der Waals surface area contributed by atoms with E-state index in [-0.39, 0.29) is 0 Å². The summed E-state index contributed by atoms with van der Waals surface area (Å²) in [5, 5.41) is 0.474. The molecule has 0 spiro atoms. The fraction of sp³-hybridized carbons (Fsp3) is 0. The predicted molar refractivity (Wildman–Crippen MR) is 76.6 cm³/mol. The number of fused-ring (bicyclic) bond motifs is 1. The molecule has 0 aliphatic carbocycles. The molecule has 3 aromatic rings. The molecule has 2 heterocycles. The van der Waals surface area contributed by atoms with Crippen LogP contribution in [0.1, 0.15) is 0 Å². The lowest BCUT2D eigenvalue weighted by molar-refractivity contribution is 1.11. The summed E-state index contributed by atoms with van der Waals surface area (Å²) in [6, 6.07) is 10.0. The van der Waals surface area contributed by atoms with Crippen molar-refractivity contribution in [2.75, 3.05) is 0 Å². The minimum absolute atomic E-state index is 0.474. The molecule has 0 radical (unpaired) electrons. The van der Waals surface area contributed by atoms with Gasteiger partial charge in [-0.2, -0.15) is 0 Å². The molecule has 1 aromatic carbocycles. The van der Waals surface area contributed by atoms with Crippen molar-refractivity contribution in [1.29, 1.82) is 0 Å². The Morgan fingerprint density at radius 3 is 2.65 bits per heavy atom. The second-order valence-electron chi connectivity index (χ2n) is 3.54. The van der Waals surface area contributed by atoms with E-state index in [9.17, 15) is 0 Å². The van der Waals surface area contributed by atoms with Crippen molar-refractivity contribution >= 4 is 45.2 Å². The van der Waals surface area contributed by atoms with E-state index < -0.39 is 0 Å². The van der Waals surface area contributed by atoms with Crippen molar-refractivity contribution in [2.45, 2.75) is 0 Å². The second kappa shape index (κ2) is 4.27. The Balaban J connectivity index is 2.38. The van der Waals surface area contributed by atoms with Gasteiger partial charge in [0.2, 0.25) is 0 Å². The molecule has 3 rings (SSSR count). The first-order valence-electron chi connectivity index (χ1n) is 5.00. The van der Waals surface area contributed by atoms with Crippen molar-refractivity contribution < 1.29 is 0 Å². The van der Waals surface area contributed by atoms with Crippen LogP contribution in [0, 0.1) is 3.57 Å². The van der Waals surface area contributed by atoms with Gasteiger partial charge in [0.25, 0.3) is 0 Å². The number of para-hydroxylation sites is 1. The molecule has 0 aliphatic heterocycles. The molecule has 3 nitrogen and oxygen atoms in total. The van der Waals surface area contributed by atoms with Gasteiger partial charge in [-0.25, -0.2) is 9.97 Å². The lowest BCUT2D eigenvalue weighted by Crippen LogP contribution is -1.93. The number of aromatic nitrogens is 3. The third-order valence-corrected chi connectivity index (χ3v) is 3.59. The number of hydrogen-bond donors (Lipinski definition) is 0. The quantitative estimate of drug-likeness (QED) is 0.492. The van der Waals surface area contributed by atoms with Crippen molar-refractivity contribution in [3.63, 3.8) is 0 Å². The van der Waals surface area contributed by atoms with Crippen LogP contribution >= 0.6 is 34.2 Å². The number of nitrogens with zero attached hydrogens (tertiary/aromatic N) is 3. The molecule has 0 bridgehead atoms. The molecule has 0 saturated heterocycles. The van der Waals surface area contributed by atoms with Gasteiger partial charge >= 0.3 is 0 Å². The summed E-state index contributed by atoms with van der Waals surface area (Å²) in [4.78, 5) is 8.30. The third-order valence-electron chi connectivity index (χ3n) is 2.52. The van der Waals surface area contributed by atoms with Crippen molar-refractivity contribution in [3.8, 4) is 5.69 Å². The first kappa shape index (κ1) is 11.0. The Labute approximate surface area is 117 Å². The topological polar surface area (TPSA) is 30.7 Å². The van der Waals surface area contributed by atoms with E-state index in [4.69, 9.17) is 11.6 Å². The maximum absolute atomic E-state index is 6.15. The van der Waals surface area contributed by atoms with E-state index in [1.165, 1.54) is 6.33 Å². The van der Waals surface area contributed by atoms with E-state index in [0.29, 0.717) is 5.15 Å². The summed E-state index contributed by atoms with van der Waals surface area (Å²) in [5.74, 6) is 0. The molecule has 0 saturated carbocycles. The molecule has 0 amide bonds. The Bertz CT molecular complexity index is 679. The van der Waals surface area contributed by atoms with Gasteiger partial charge in [-0.15, -0.1) is 0 Å². The fourth-order valence-corrected chi connectivity index (χ4v) is 2.67. The largest absolute Gasteiger partial charge is 0.311 e. The highest BCUT2D eigenvalue weighted by molar-refractivity contribution is 14.1. The van der Waals surface area contributed by atoms with Crippen LogP contribution in [0.5, 0.6) is 0 Å². The molecule has 0 fully saturated rings. The average Bonchev–Trinajstić information content (AvgIpc) is 2.70. The zero-order chi connectivity index (χ0) is 11.8. The molecule has 84 valence electrons. The van der Waals surface area contributed by atoms with Crippen LogP contribution in [-0.2, 0) is 0 Å². The van der Waals surface area contributed by atoms with Crippen LogP contribution in [-0.4, -0.2) is 14.5 Å². The van der Waals surface area contributed by atoms with Gasteiger partial charge in [-0.3, -0.25) is 0 Å². The van der Waals surface area contributed by atoms with E-state index in [0.717, 1.165) is 20.3 Å². The molecular weight excluding hydrogens is 349 g/mol. The molecule has 17 heavy (non-hydrogen) atoms. The number of halogens is 2. The third kappa shape index (κ3) is 1.81. The average molecular weight is 356 g/mol. The van der Waals surface area contributed by atoms with Gasteiger partial charge in [0.1, 0.15) is 17.4 Å². The molecule has 0 unspecified atom stereocenters. The summed E-state index contributed by atoms with van der Waals surface area (Å²) in [6.07, 6.45) is 3.50. The summed E-state index contributed by atoms with van der Waals surface area (Å²) >= 11 is 8.40. The Morgan fingerprint density at radius 2 is 1.88 bits per heavy atom. The second-order valence-corrected chi connectivity index (χ2v) is 5.06. The number of benzene rings is 1. The van der Waals surface area contributed by atoms with Gasteiger partial charge in [0, 0.05) is 11.9 Å². The van der Waals surface area contributed by atoms with Crippen LogP contribution in [0.4, 0.5) is 0 Å². The first-order valence-corrected chi connectivity index (χ1v) is 6.45. The van der Waals surface area contributed by atoms with Gasteiger partial charge < -0.3 is 4.57 Å². The van der Waals surface area contributed by atoms with Crippen molar-refractivity contribution in [1.82, 2.24) is 14.5 Å². The van der Waals surface area contributed by atoms with Crippen LogP contribution in [0.2, 0.25) is 5.15 Å². The minimum Gasteiger partial charge on any atom is -0.311 e. The van der Waals surface area contributed by atoms with Crippen LogP contribution in [0.25, 0.3) is 16.7 Å². The van der Waals surface area contributed by atoms with Gasteiger partial charge in [-0.1, -0.05) is 29.8 Å². The van der Waals surface area contributed by atoms with Crippen LogP contribution in [0.15, 0.2) is 42.9 Å². The van der Waals surface area contributed by atoms with Crippen molar-refractivity contribution in [2.24, 2.45) is 0 Å². The Morgan fingerprint density at radius 1 is 1.12 bits per heavy atom. The molecular formula is C12H7ClIN3. The van der Waals surface area contributed by atoms with Gasteiger partial charge in [0.05, 0.1) is 3.57 Å². The summed E-state index contributed by atoms with van der Waals surface area (Å²) in [6.45, 7) is 0. The van der Waals surface area contributed by atoms with Crippen LogP contribution < -0.4 is 0 Å². The normalized spacial score (nSPS) is 10.9. The molecule has 2 aromatic heterocycles. The molecule has 0 atom stereocenters. The van der Waals surface area contributed by atoms with Crippen LogP contribution in [0.3, 0.4) is 0 Å². The SMILES string of the molecule is Clc1ncnc2c(I)cn(-c3ccccc3)c12. The van der Waals surface area contributed by atoms with E-state index >= 15 is 0 Å². The van der Waals surface area contributed by atoms with E-state index in [1.807, 2.05) is 41.1 Å². The molecule has 0 N–H and O–H groups in total. The summed E-state index contributed by atoms with van der Waals surface area (Å²) in [7, 11) is 0. The van der Waals surface area contributed by atoms with Gasteiger partial charge in [0.15, 0.2) is 5.15 Å². The van der Waals surface area contributed by atoms with E-state index in [2.05, 4.69) is 32.6 Å². The highest BCUT2D eigenvalue weighted by Gasteiger charge is 2.12. The lowest BCUT2D eigenvalue weighted by atomic mass is 10.3. The van der Waals surface area contributed by atoms with Gasteiger partial charge in [-0.05, 0) is 34.7 Å². The Kier molecular flexibility index (Phi) is 2.76. The number of rotatable bonds is 1. The summed E-state index contributed by atoms with van der Waals surface area (Å²) in [5.41, 5.74) is 2.79. The summed E-state index contributed by atoms with van der Waals surface area (Å²) < 4.78 is 3.07. The first-order chi connectivity index (χ1) is 8.27. The highest BCUT2D eigenvalue weighted by Crippen LogP contribution is 2.28. The molecule has 0 aliphatic rings. The maximum atomic E-state index is 6.15. The standard InChI is InChI=1S/C12H7ClIN3/c13-12-11-10(15-7-16-12)9(14)6-17(11)8-4-2-1-3-5-8/h1-7H. The minimum atomic E-state index is 0.474. The lowest BCUT2D eigenvalue weighted by Gasteiger charge is -2.04. The predicted octanol–water partition coefficient (Wildman–Crippen LogP) is 3.68. The number of hydrogen-bond acceptors (Lipinski definition) is 2. The Hall–Kier alpha value is -1.14. The smallest absolute Gasteiger partial charge is 0.157 e. The highest BCUT2D eigenvalue weighted by atomic mass is 127. The zero-order valence-corrected chi connectivity index (χ0v) is 11.6. The van der Waals surface area contributed by atoms with E-state index in [1.54, 1.807) is 0 Å². The zero-order valence-electron chi connectivity index (χ0n) is 8.64. The fourth-order valence-electron chi connectivity index (χ4n) is 1.78. The maximum Gasteiger partial charge on any atom is 0.157 e. The molecule has 5 heteroatoms.